The zero-order valence-corrected chi connectivity index (χ0v) is 12.1. The number of nitro groups is 1. The molecule has 0 aliphatic heterocycles. The highest BCUT2D eigenvalue weighted by molar-refractivity contribution is 5.84. The molecule has 0 saturated heterocycles. The van der Waals surface area contributed by atoms with Crippen LogP contribution in [-0.4, -0.2) is 9.91 Å². The molecule has 1 N–H and O–H groups in total. The summed E-state index contributed by atoms with van der Waals surface area (Å²) in [5.41, 5.74) is 2.69. The first-order valence-corrected chi connectivity index (χ1v) is 6.95. The minimum atomic E-state index is -0.345. The van der Waals surface area contributed by atoms with Gasteiger partial charge in [-0.25, -0.2) is 0 Å². The van der Waals surface area contributed by atoms with E-state index in [1.54, 1.807) is 25.3 Å². The molecule has 22 heavy (non-hydrogen) atoms. The fraction of sp³-hybridized carbons (Fsp3) is 0.118. The van der Waals surface area contributed by atoms with Gasteiger partial charge < -0.3 is 5.32 Å². The standard InChI is InChI=1S/C17H15N3O2/c1-12-2-3-13(8-17(12)20(21)22)10-19-16-5-4-15-11-18-7-6-14(15)9-16/h2-9,11,19H,10H2,1H3. The number of nitrogens with one attached hydrogen (secondary N) is 1. The van der Waals surface area contributed by atoms with Crippen molar-refractivity contribution < 1.29 is 4.92 Å². The van der Waals surface area contributed by atoms with Crippen LogP contribution in [0.4, 0.5) is 11.4 Å². The van der Waals surface area contributed by atoms with Crippen LogP contribution in [-0.2, 0) is 6.54 Å². The number of nitrogens with zero attached hydrogens (tertiary/aromatic N) is 2. The number of nitro benzene ring substituents is 1. The van der Waals surface area contributed by atoms with E-state index in [0.29, 0.717) is 12.1 Å². The number of anilines is 1. The van der Waals surface area contributed by atoms with Crippen molar-refractivity contribution in [2.45, 2.75) is 13.5 Å². The maximum Gasteiger partial charge on any atom is 0.272 e. The van der Waals surface area contributed by atoms with E-state index in [4.69, 9.17) is 0 Å². The summed E-state index contributed by atoms with van der Waals surface area (Å²) in [5, 5.41) is 16.5. The van der Waals surface area contributed by atoms with Gasteiger partial charge in [-0.1, -0.05) is 18.2 Å². The molecule has 0 radical (unpaired) electrons. The normalized spacial score (nSPS) is 10.6. The molecule has 0 bridgehead atoms. The van der Waals surface area contributed by atoms with Crippen LogP contribution < -0.4 is 5.32 Å². The summed E-state index contributed by atoms with van der Waals surface area (Å²) in [4.78, 5) is 14.7. The third kappa shape index (κ3) is 2.88. The van der Waals surface area contributed by atoms with Crippen LogP contribution in [0, 0.1) is 17.0 Å². The number of hydrogen-bond acceptors (Lipinski definition) is 4. The molecular formula is C17H15N3O2. The number of pyridine rings is 1. The lowest BCUT2D eigenvalue weighted by Crippen LogP contribution is -2.01. The highest BCUT2D eigenvalue weighted by Gasteiger charge is 2.10. The van der Waals surface area contributed by atoms with Gasteiger partial charge in [-0.05, 0) is 36.1 Å². The largest absolute Gasteiger partial charge is 0.381 e. The highest BCUT2D eigenvalue weighted by atomic mass is 16.6. The van der Waals surface area contributed by atoms with Gasteiger partial charge in [-0.2, -0.15) is 0 Å². The number of rotatable bonds is 4. The Morgan fingerprint density at radius 2 is 2.00 bits per heavy atom. The molecule has 5 nitrogen and oxygen atoms in total. The minimum Gasteiger partial charge on any atom is -0.381 e. The second-order valence-electron chi connectivity index (χ2n) is 5.17. The SMILES string of the molecule is Cc1ccc(CNc2ccc3cnccc3c2)cc1[N+](=O)[O-]. The topological polar surface area (TPSA) is 68.1 Å². The Morgan fingerprint density at radius 3 is 2.82 bits per heavy atom. The quantitative estimate of drug-likeness (QED) is 0.581. The van der Waals surface area contributed by atoms with Gasteiger partial charge >= 0.3 is 0 Å². The Labute approximate surface area is 127 Å². The Kier molecular flexibility index (Phi) is 3.70. The van der Waals surface area contributed by atoms with Crippen LogP contribution in [0.2, 0.25) is 0 Å². The number of hydrogen-bond donors (Lipinski definition) is 1. The number of aromatic nitrogens is 1. The van der Waals surface area contributed by atoms with E-state index in [-0.39, 0.29) is 10.6 Å². The first-order chi connectivity index (χ1) is 10.6. The molecule has 1 heterocycles. The molecule has 3 aromatic rings. The smallest absolute Gasteiger partial charge is 0.272 e. The van der Waals surface area contributed by atoms with E-state index in [0.717, 1.165) is 22.0 Å². The molecule has 0 unspecified atom stereocenters. The lowest BCUT2D eigenvalue weighted by Gasteiger charge is -2.08. The van der Waals surface area contributed by atoms with Gasteiger partial charge in [-0.3, -0.25) is 15.1 Å². The molecule has 2 aromatic carbocycles. The van der Waals surface area contributed by atoms with E-state index in [2.05, 4.69) is 10.3 Å². The van der Waals surface area contributed by atoms with Gasteiger partial charge in [-0.15, -0.1) is 0 Å². The van der Waals surface area contributed by atoms with Crippen LogP contribution in [0.1, 0.15) is 11.1 Å². The molecule has 110 valence electrons. The van der Waals surface area contributed by atoms with E-state index < -0.39 is 0 Å². The molecule has 0 aliphatic rings. The summed E-state index contributed by atoms with van der Waals surface area (Å²) in [7, 11) is 0. The predicted octanol–water partition coefficient (Wildman–Crippen LogP) is 4.06. The van der Waals surface area contributed by atoms with Gasteiger partial charge in [0.25, 0.3) is 5.69 Å². The van der Waals surface area contributed by atoms with Crippen molar-refractivity contribution in [3.05, 3.63) is 76.1 Å². The third-order valence-electron chi connectivity index (χ3n) is 3.61. The zero-order valence-electron chi connectivity index (χ0n) is 12.1. The molecule has 0 aliphatic carbocycles. The molecule has 0 fully saturated rings. The average Bonchev–Trinajstić information content (AvgIpc) is 2.53. The number of aryl methyl sites for hydroxylation is 1. The number of fused-ring (bicyclic) bond motifs is 1. The summed E-state index contributed by atoms with van der Waals surface area (Å²) in [6, 6.07) is 13.3. The van der Waals surface area contributed by atoms with E-state index in [1.807, 2.05) is 36.5 Å². The first kappa shape index (κ1) is 14.0. The monoisotopic (exact) mass is 293 g/mol. The van der Waals surface area contributed by atoms with Crippen LogP contribution in [0.25, 0.3) is 10.8 Å². The molecule has 0 atom stereocenters. The van der Waals surface area contributed by atoms with E-state index >= 15 is 0 Å². The van der Waals surface area contributed by atoms with E-state index in [9.17, 15) is 10.1 Å². The lowest BCUT2D eigenvalue weighted by molar-refractivity contribution is -0.385. The highest BCUT2D eigenvalue weighted by Crippen LogP contribution is 2.21. The Balaban J connectivity index is 1.79. The van der Waals surface area contributed by atoms with Crippen molar-refractivity contribution in [1.82, 2.24) is 4.98 Å². The van der Waals surface area contributed by atoms with Gasteiger partial charge in [0.05, 0.1) is 4.92 Å². The van der Waals surface area contributed by atoms with Crippen molar-refractivity contribution in [2.24, 2.45) is 0 Å². The minimum absolute atomic E-state index is 0.156. The Hall–Kier alpha value is -2.95. The summed E-state index contributed by atoms with van der Waals surface area (Å²) >= 11 is 0. The molecule has 0 spiro atoms. The predicted molar refractivity (Wildman–Crippen MR) is 86.9 cm³/mol. The van der Waals surface area contributed by atoms with Crippen molar-refractivity contribution >= 4 is 22.1 Å². The number of benzene rings is 2. The maximum absolute atomic E-state index is 11.0. The third-order valence-corrected chi connectivity index (χ3v) is 3.61. The van der Waals surface area contributed by atoms with Crippen molar-refractivity contribution in [3.8, 4) is 0 Å². The molecule has 0 amide bonds. The molecule has 0 saturated carbocycles. The lowest BCUT2D eigenvalue weighted by atomic mass is 10.1. The van der Waals surface area contributed by atoms with Crippen LogP contribution in [0.3, 0.4) is 0 Å². The molecule has 5 heteroatoms. The van der Waals surface area contributed by atoms with Crippen LogP contribution in [0.5, 0.6) is 0 Å². The van der Waals surface area contributed by atoms with Gasteiger partial charge in [0.2, 0.25) is 0 Å². The van der Waals surface area contributed by atoms with Gasteiger partial charge in [0.15, 0.2) is 0 Å². The Bertz CT molecular complexity index is 846. The first-order valence-electron chi connectivity index (χ1n) is 6.95. The molecular weight excluding hydrogens is 278 g/mol. The molecule has 1 aromatic heterocycles. The van der Waals surface area contributed by atoms with Crippen molar-refractivity contribution in [3.63, 3.8) is 0 Å². The van der Waals surface area contributed by atoms with Crippen molar-refractivity contribution in [2.75, 3.05) is 5.32 Å². The molecule has 3 rings (SSSR count). The van der Waals surface area contributed by atoms with Gasteiger partial charge in [0.1, 0.15) is 0 Å². The summed E-state index contributed by atoms with van der Waals surface area (Å²) in [5.74, 6) is 0. The average molecular weight is 293 g/mol. The summed E-state index contributed by atoms with van der Waals surface area (Å²) in [6.07, 6.45) is 3.58. The zero-order chi connectivity index (χ0) is 15.5. The van der Waals surface area contributed by atoms with Crippen LogP contribution in [0.15, 0.2) is 54.9 Å². The fourth-order valence-corrected chi connectivity index (χ4v) is 2.36. The summed E-state index contributed by atoms with van der Waals surface area (Å²) in [6.45, 7) is 2.28. The Morgan fingerprint density at radius 1 is 1.14 bits per heavy atom. The maximum atomic E-state index is 11.0. The van der Waals surface area contributed by atoms with Crippen molar-refractivity contribution in [1.29, 1.82) is 0 Å². The van der Waals surface area contributed by atoms with Crippen LogP contribution >= 0.6 is 0 Å². The second-order valence-corrected chi connectivity index (χ2v) is 5.17. The van der Waals surface area contributed by atoms with Gasteiger partial charge in [0, 0.05) is 41.6 Å². The van der Waals surface area contributed by atoms with E-state index in [1.165, 1.54) is 0 Å². The second kappa shape index (κ2) is 5.81. The fourth-order valence-electron chi connectivity index (χ4n) is 2.36. The summed E-state index contributed by atoms with van der Waals surface area (Å²) < 4.78 is 0.